The Morgan fingerprint density at radius 1 is 1.50 bits per heavy atom. The molecule has 2 rings (SSSR count). The van der Waals surface area contributed by atoms with Crippen LogP contribution in [0.3, 0.4) is 0 Å². The van der Waals surface area contributed by atoms with Crippen molar-refractivity contribution in [2.45, 2.75) is 19.4 Å². The summed E-state index contributed by atoms with van der Waals surface area (Å²) in [4.78, 5) is 6.82. The number of hydrogen-bond acceptors (Lipinski definition) is 4. The van der Waals surface area contributed by atoms with Gasteiger partial charge in [0.25, 0.3) is 0 Å². The van der Waals surface area contributed by atoms with Crippen molar-refractivity contribution in [1.82, 2.24) is 9.88 Å². The number of hydrogen-bond donors (Lipinski definition) is 1. The van der Waals surface area contributed by atoms with Crippen LogP contribution in [-0.2, 0) is 6.54 Å². The lowest BCUT2D eigenvalue weighted by atomic mass is 9.97. The highest BCUT2D eigenvalue weighted by Gasteiger charge is 2.18. The van der Waals surface area contributed by atoms with Gasteiger partial charge >= 0.3 is 0 Å². The highest BCUT2D eigenvalue weighted by molar-refractivity contribution is 9.11. The quantitative estimate of drug-likeness (QED) is 0.928. The van der Waals surface area contributed by atoms with Crippen molar-refractivity contribution in [3.05, 3.63) is 15.0 Å². The molecule has 3 nitrogen and oxygen atoms in total. The second-order valence-electron chi connectivity index (χ2n) is 4.01. The zero-order valence-electron chi connectivity index (χ0n) is 9.06. The molecule has 0 radical (unpaired) electrons. The van der Waals surface area contributed by atoms with Crippen molar-refractivity contribution in [3.8, 4) is 0 Å². The smallest absolute Gasteiger partial charge is 0.108 e. The maximum Gasteiger partial charge on any atom is 0.108 e. The third kappa shape index (κ3) is 3.96. The van der Waals surface area contributed by atoms with E-state index in [0.29, 0.717) is 0 Å². The SMILES string of the molecule is Cl.NCC1CCN(Cc2ncc(Br)s2)CC1. The average Bonchev–Trinajstić information content (AvgIpc) is 2.65. The van der Waals surface area contributed by atoms with E-state index in [0.717, 1.165) is 22.8 Å². The molecule has 1 aliphatic rings. The molecule has 6 heteroatoms. The van der Waals surface area contributed by atoms with E-state index in [2.05, 4.69) is 25.8 Å². The molecule has 1 fully saturated rings. The van der Waals surface area contributed by atoms with Crippen LogP contribution in [0.4, 0.5) is 0 Å². The fraction of sp³-hybridized carbons (Fsp3) is 0.700. The van der Waals surface area contributed by atoms with Gasteiger partial charge in [0.2, 0.25) is 0 Å². The lowest BCUT2D eigenvalue weighted by molar-refractivity contribution is 0.180. The standard InChI is InChI=1S/C10H16BrN3S.ClH/c11-9-6-13-10(15-9)7-14-3-1-8(5-12)2-4-14;/h6,8H,1-5,7,12H2;1H. The molecule has 0 aromatic carbocycles. The van der Waals surface area contributed by atoms with Crippen LogP contribution < -0.4 is 5.73 Å². The lowest BCUT2D eigenvalue weighted by Crippen LogP contribution is -2.35. The van der Waals surface area contributed by atoms with Gasteiger partial charge in [0, 0.05) is 0 Å². The Bertz CT molecular complexity index is 313. The van der Waals surface area contributed by atoms with E-state index in [1.807, 2.05) is 6.20 Å². The molecule has 1 aromatic heterocycles. The molecule has 0 atom stereocenters. The first-order valence-corrected chi connectivity index (χ1v) is 6.91. The average molecular weight is 327 g/mol. The molecule has 0 unspecified atom stereocenters. The first-order valence-electron chi connectivity index (χ1n) is 5.30. The normalized spacial score (nSPS) is 18.4. The number of aromatic nitrogens is 1. The minimum absolute atomic E-state index is 0. The zero-order valence-corrected chi connectivity index (χ0v) is 12.3. The molecule has 0 spiro atoms. The molecule has 16 heavy (non-hydrogen) atoms. The second-order valence-corrected chi connectivity index (χ2v) is 6.51. The monoisotopic (exact) mass is 325 g/mol. The fourth-order valence-corrected chi connectivity index (χ4v) is 3.28. The lowest BCUT2D eigenvalue weighted by Gasteiger charge is -2.30. The van der Waals surface area contributed by atoms with E-state index in [9.17, 15) is 0 Å². The van der Waals surface area contributed by atoms with Crippen LogP contribution in [-0.4, -0.2) is 29.5 Å². The third-order valence-electron chi connectivity index (χ3n) is 2.92. The maximum atomic E-state index is 5.67. The number of likely N-dealkylation sites (tertiary alicyclic amines) is 1. The van der Waals surface area contributed by atoms with Crippen LogP contribution in [0.1, 0.15) is 17.8 Å². The highest BCUT2D eigenvalue weighted by atomic mass is 79.9. The molecular weight excluding hydrogens is 310 g/mol. The number of thiazole rings is 1. The Hall–Kier alpha value is 0.320. The molecule has 1 saturated heterocycles. The summed E-state index contributed by atoms with van der Waals surface area (Å²) in [5.41, 5.74) is 5.67. The van der Waals surface area contributed by atoms with Crippen molar-refractivity contribution in [2.75, 3.05) is 19.6 Å². The van der Waals surface area contributed by atoms with Gasteiger partial charge in [-0.15, -0.1) is 23.7 Å². The summed E-state index contributed by atoms with van der Waals surface area (Å²) in [5, 5.41) is 1.20. The predicted octanol–water partition coefficient (Wildman–Crippen LogP) is 2.50. The van der Waals surface area contributed by atoms with Crippen molar-refractivity contribution in [3.63, 3.8) is 0 Å². The molecule has 2 heterocycles. The zero-order chi connectivity index (χ0) is 10.7. The number of nitrogens with two attached hydrogens (primary N) is 1. The molecular formula is C10H17BrClN3S. The molecule has 2 N–H and O–H groups in total. The summed E-state index contributed by atoms with van der Waals surface area (Å²) in [6, 6.07) is 0. The fourth-order valence-electron chi connectivity index (χ4n) is 1.93. The second kappa shape index (κ2) is 6.91. The summed E-state index contributed by atoms with van der Waals surface area (Å²) in [5.74, 6) is 0.740. The van der Waals surface area contributed by atoms with Crippen molar-refractivity contribution >= 4 is 39.7 Å². The summed E-state index contributed by atoms with van der Waals surface area (Å²) >= 11 is 5.17. The third-order valence-corrected chi connectivity index (χ3v) is 4.39. The first kappa shape index (κ1) is 14.4. The number of rotatable bonds is 3. The highest BCUT2D eigenvalue weighted by Crippen LogP contribution is 2.22. The van der Waals surface area contributed by atoms with Gasteiger partial charge < -0.3 is 5.73 Å². The van der Waals surface area contributed by atoms with E-state index >= 15 is 0 Å². The van der Waals surface area contributed by atoms with Crippen molar-refractivity contribution < 1.29 is 0 Å². The van der Waals surface area contributed by atoms with Crippen LogP contribution in [0.15, 0.2) is 9.98 Å². The van der Waals surface area contributed by atoms with E-state index in [4.69, 9.17) is 5.73 Å². The Labute approximate surface area is 115 Å². The number of nitrogens with zero attached hydrogens (tertiary/aromatic N) is 2. The molecule has 0 amide bonds. The van der Waals surface area contributed by atoms with Gasteiger partial charge in [0.05, 0.1) is 16.5 Å². The maximum absolute atomic E-state index is 5.67. The van der Waals surface area contributed by atoms with Crippen LogP contribution >= 0.6 is 39.7 Å². The van der Waals surface area contributed by atoms with Crippen molar-refractivity contribution in [2.24, 2.45) is 11.7 Å². The first-order chi connectivity index (χ1) is 7.28. The van der Waals surface area contributed by atoms with Crippen LogP contribution in [0.2, 0.25) is 0 Å². The van der Waals surface area contributed by atoms with Gasteiger partial charge in [-0.2, -0.15) is 0 Å². The van der Waals surface area contributed by atoms with Gasteiger partial charge in [-0.05, 0) is 54.3 Å². The molecule has 0 saturated carbocycles. The van der Waals surface area contributed by atoms with Gasteiger partial charge in [-0.3, -0.25) is 4.90 Å². The Morgan fingerprint density at radius 2 is 2.19 bits per heavy atom. The molecule has 1 aromatic rings. The van der Waals surface area contributed by atoms with Gasteiger partial charge in [0.15, 0.2) is 0 Å². The van der Waals surface area contributed by atoms with E-state index in [-0.39, 0.29) is 12.4 Å². The summed E-state index contributed by atoms with van der Waals surface area (Å²) in [6.45, 7) is 4.17. The molecule has 0 bridgehead atoms. The minimum Gasteiger partial charge on any atom is -0.330 e. The summed E-state index contributed by atoms with van der Waals surface area (Å²) in [7, 11) is 0. The van der Waals surface area contributed by atoms with E-state index in [1.165, 1.54) is 30.9 Å². The molecule has 92 valence electrons. The van der Waals surface area contributed by atoms with E-state index < -0.39 is 0 Å². The number of halogens is 2. The minimum atomic E-state index is 0. The van der Waals surface area contributed by atoms with Crippen LogP contribution in [0.5, 0.6) is 0 Å². The van der Waals surface area contributed by atoms with Crippen LogP contribution in [0.25, 0.3) is 0 Å². The van der Waals surface area contributed by atoms with Gasteiger partial charge in [-0.1, -0.05) is 0 Å². The Morgan fingerprint density at radius 3 is 2.69 bits per heavy atom. The van der Waals surface area contributed by atoms with Crippen LogP contribution in [0, 0.1) is 5.92 Å². The Kier molecular flexibility index (Phi) is 6.21. The number of piperidine rings is 1. The molecule has 0 aliphatic carbocycles. The predicted molar refractivity (Wildman–Crippen MR) is 74.1 cm³/mol. The largest absolute Gasteiger partial charge is 0.330 e. The van der Waals surface area contributed by atoms with E-state index in [1.54, 1.807) is 11.3 Å². The summed E-state index contributed by atoms with van der Waals surface area (Å²) < 4.78 is 1.12. The summed E-state index contributed by atoms with van der Waals surface area (Å²) in [6.07, 6.45) is 4.36. The van der Waals surface area contributed by atoms with Gasteiger partial charge in [0.1, 0.15) is 5.01 Å². The van der Waals surface area contributed by atoms with Gasteiger partial charge in [-0.25, -0.2) is 4.98 Å². The van der Waals surface area contributed by atoms with Crippen molar-refractivity contribution in [1.29, 1.82) is 0 Å². The Balaban J connectivity index is 0.00000128. The molecule has 1 aliphatic heterocycles. The topological polar surface area (TPSA) is 42.1 Å².